The fourth-order valence-electron chi connectivity index (χ4n) is 4.20. The first kappa shape index (κ1) is 16.9. The molecule has 0 saturated carbocycles. The van der Waals surface area contributed by atoms with Crippen LogP contribution in [-0.4, -0.2) is 0 Å². The quantitative estimate of drug-likeness (QED) is 0.332. The first-order valence-corrected chi connectivity index (χ1v) is 10.1. The van der Waals surface area contributed by atoms with Gasteiger partial charge in [-0.3, -0.25) is 0 Å². The molecule has 0 saturated heterocycles. The second-order valence-corrected chi connectivity index (χ2v) is 7.51. The predicted molar refractivity (Wildman–Crippen MR) is 126 cm³/mol. The molecule has 0 aliphatic rings. The van der Waals surface area contributed by atoms with Crippen LogP contribution in [0.15, 0.2) is 114 Å². The Hall–Kier alpha value is -4.04. The summed E-state index contributed by atoms with van der Waals surface area (Å²) in [5, 5.41) is 8.22. The van der Waals surface area contributed by atoms with E-state index in [-0.39, 0.29) is 0 Å². The van der Waals surface area contributed by atoms with E-state index < -0.39 is 0 Å². The maximum atomic E-state index is 6.32. The average Bonchev–Trinajstić information content (AvgIpc) is 3.18. The van der Waals surface area contributed by atoms with Crippen LogP contribution in [0, 0.1) is 0 Å². The smallest absolute Gasteiger partial charge is 0.143 e. The van der Waals surface area contributed by atoms with Crippen LogP contribution >= 0.6 is 0 Å². The van der Waals surface area contributed by atoms with E-state index in [4.69, 9.17) is 4.42 Å². The molecule has 0 aliphatic heterocycles. The first-order chi connectivity index (χ1) is 14.9. The van der Waals surface area contributed by atoms with Crippen LogP contribution in [0.5, 0.6) is 0 Å². The fraction of sp³-hybridized carbons (Fsp3) is 0. The van der Waals surface area contributed by atoms with Crippen molar-refractivity contribution >= 4 is 44.1 Å². The summed E-state index contributed by atoms with van der Waals surface area (Å²) in [5.74, 6) is 0. The number of hydrogen-bond donors (Lipinski definition) is 1. The zero-order valence-electron chi connectivity index (χ0n) is 16.3. The van der Waals surface area contributed by atoms with Gasteiger partial charge < -0.3 is 9.73 Å². The topological polar surface area (TPSA) is 25.2 Å². The maximum absolute atomic E-state index is 6.32. The molecule has 1 aromatic heterocycles. The average molecular weight is 385 g/mol. The molecule has 1 N–H and O–H groups in total. The van der Waals surface area contributed by atoms with E-state index in [2.05, 4.69) is 108 Å². The number of hydrogen-bond acceptors (Lipinski definition) is 2. The van der Waals surface area contributed by atoms with Crippen LogP contribution in [-0.2, 0) is 0 Å². The summed E-state index contributed by atoms with van der Waals surface area (Å²) < 4.78 is 6.32. The molecular formula is C28H19NO. The molecule has 0 atom stereocenters. The molecule has 6 rings (SSSR count). The van der Waals surface area contributed by atoms with Gasteiger partial charge in [-0.15, -0.1) is 0 Å². The highest BCUT2D eigenvalue weighted by Crippen LogP contribution is 2.36. The summed E-state index contributed by atoms with van der Waals surface area (Å²) >= 11 is 0. The lowest BCUT2D eigenvalue weighted by atomic mass is 10.0. The van der Waals surface area contributed by atoms with Crippen LogP contribution in [0.1, 0.15) is 0 Å². The van der Waals surface area contributed by atoms with Gasteiger partial charge in [0, 0.05) is 39.2 Å². The third-order valence-electron chi connectivity index (χ3n) is 5.65. The minimum Gasteiger partial charge on any atom is -0.455 e. The summed E-state index contributed by atoms with van der Waals surface area (Å²) in [4.78, 5) is 0. The highest BCUT2D eigenvalue weighted by molar-refractivity contribution is 6.15. The Bertz CT molecular complexity index is 1510. The Morgan fingerprint density at radius 2 is 1.33 bits per heavy atom. The lowest BCUT2D eigenvalue weighted by molar-refractivity contribution is 0.673. The monoisotopic (exact) mass is 385 g/mol. The standard InChI is InChI=1S/C28H19NO/c1-2-8-19(9-3-1)22-11-6-7-13-26(22)29-21-15-17-24-25-16-14-20-10-4-5-12-23(20)28(25)30-27(24)18-21/h1-18,29H. The van der Waals surface area contributed by atoms with Crippen molar-refractivity contribution in [1.82, 2.24) is 0 Å². The zero-order chi connectivity index (χ0) is 19.9. The Balaban J connectivity index is 1.46. The number of benzene rings is 5. The van der Waals surface area contributed by atoms with E-state index in [1.807, 2.05) is 6.07 Å². The molecule has 0 aliphatic carbocycles. The van der Waals surface area contributed by atoms with Gasteiger partial charge >= 0.3 is 0 Å². The lowest BCUT2D eigenvalue weighted by Crippen LogP contribution is -1.93. The third-order valence-corrected chi connectivity index (χ3v) is 5.65. The number of furan rings is 1. The number of para-hydroxylation sites is 1. The SMILES string of the molecule is c1ccc(-c2ccccc2Nc2ccc3c(c2)oc2c4ccccc4ccc32)cc1. The van der Waals surface area contributed by atoms with Crippen LogP contribution < -0.4 is 5.32 Å². The predicted octanol–water partition coefficient (Wildman–Crippen LogP) is 8.15. The van der Waals surface area contributed by atoms with Crippen molar-refractivity contribution in [2.24, 2.45) is 0 Å². The number of nitrogens with one attached hydrogen (secondary N) is 1. The van der Waals surface area contributed by atoms with E-state index in [0.717, 1.165) is 38.7 Å². The molecule has 0 bridgehead atoms. The highest BCUT2D eigenvalue weighted by Gasteiger charge is 2.11. The summed E-state index contributed by atoms with van der Waals surface area (Å²) in [5.41, 5.74) is 6.29. The molecule has 0 spiro atoms. The summed E-state index contributed by atoms with van der Waals surface area (Å²) in [7, 11) is 0. The van der Waals surface area contributed by atoms with E-state index in [9.17, 15) is 0 Å². The number of rotatable bonds is 3. The van der Waals surface area contributed by atoms with Gasteiger partial charge in [-0.25, -0.2) is 0 Å². The van der Waals surface area contributed by atoms with Crippen molar-refractivity contribution in [3.05, 3.63) is 109 Å². The summed E-state index contributed by atoms with van der Waals surface area (Å²) in [6, 6.07) is 37.8. The van der Waals surface area contributed by atoms with Crippen LogP contribution in [0.3, 0.4) is 0 Å². The second kappa shape index (κ2) is 6.78. The van der Waals surface area contributed by atoms with Crippen molar-refractivity contribution in [2.75, 3.05) is 5.32 Å². The van der Waals surface area contributed by atoms with Crippen molar-refractivity contribution in [1.29, 1.82) is 0 Å². The summed E-state index contributed by atoms with van der Waals surface area (Å²) in [6.07, 6.45) is 0. The Kier molecular flexibility index (Phi) is 3.82. The maximum Gasteiger partial charge on any atom is 0.143 e. The van der Waals surface area contributed by atoms with Crippen LogP contribution in [0.4, 0.5) is 11.4 Å². The molecule has 0 unspecified atom stereocenters. The summed E-state index contributed by atoms with van der Waals surface area (Å²) in [6.45, 7) is 0. The Morgan fingerprint density at radius 3 is 2.27 bits per heavy atom. The van der Waals surface area contributed by atoms with E-state index >= 15 is 0 Å². The van der Waals surface area contributed by atoms with Crippen molar-refractivity contribution < 1.29 is 4.42 Å². The van der Waals surface area contributed by atoms with Gasteiger partial charge in [-0.05, 0) is 35.2 Å². The third kappa shape index (κ3) is 2.73. The first-order valence-electron chi connectivity index (χ1n) is 10.1. The van der Waals surface area contributed by atoms with E-state index in [0.29, 0.717) is 0 Å². The van der Waals surface area contributed by atoms with Crippen LogP contribution in [0.25, 0.3) is 43.8 Å². The molecule has 0 radical (unpaired) electrons. The largest absolute Gasteiger partial charge is 0.455 e. The fourth-order valence-corrected chi connectivity index (χ4v) is 4.20. The Labute approximate surface area is 174 Å². The minimum atomic E-state index is 0.892. The lowest BCUT2D eigenvalue weighted by Gasteiger charge is -2.12. The number of fused-ring (bicyclic) bond motifs is 5. The molecule has 2 nitrogen and oxygen atoms in total. The van der Waals surface area contributed by atoms with Gasteiger partial charge in [0.25, 0.3) is 0 Å². The van der Waals surface area contributed by atoms with Gasteiger partial charge in [0.05, 0.1) is 0 Å². The molecule has 30 heavy (non-hydrogen) atoms. The molecule has 2 heteroatoms. The molecule has 1 heterocycles. The zero-order valence-corrected chi connectivity index (χ0v) is 16.3. The van der Waals surface area contributed by atoms with Crippen molar-refractivity contribution in [2.45, 2.75) is 0 Å². The molecule has 5 aromatic carbocycles. The van der Waals surface area contributed by atoms with Gasteiger partial charge in [0.15, 0.2) is 0 Å². The van der Waals surface area contributed by atoms with Gasteiger partial charge in [0.1, 0.15) is 11.2 Å². The highest BCUT2D eigenvalue weighted by atomic mass is 16.3. The molecular weight excluding hydrogens is 366 g/mol. The van der Waals surface area contributed by atoms with Crippen LogP contribution in [0.2, 0.25) is 0 Å². The number of anilines is 2. The van der Waals surface area contributed by atoms with Gasteiger partial charge in [-0.2, -0.15) is 0 Å². The molecule has 142 valence electrons. The second-order valence-electron chi connectivity index (χ2n) is 7.51. The Morgan fingerprint density at radius 1 is 0.567 bits per heavy atom. The van der Waals surface area contributed by atoms with Crippen molar-refractivity contribution in [3.63, 3.8) is 0 Å². The molecule has 0 amide bonds. The normalized spacial score (nSPS) is 11.3. The van der Waals surface area contributed by atoms with Gasteiger partial charge in [-0.1, -0.05) is 78.9 Å². The van der Waals surface area contributed by atoms with E-state index in [1.165, 1.54) is 16.5 Å². The minimum absolute atomic E-state index is 0.892. The van der Waals surface area contributed by atoms with E-state index in [1.54, 1.807) is 0 Å². The van der Waals surface area contributed by atoms with Crippen molar-refractivity contribution in [3.8, 4) is 11.1 Å². The molecule has 0 fully saturated rings. The molecule has 6 aromatic rings. The van der Waals surface area contributed by atoms with Gasteiger partial charge in [0.2, 0.25) is 0 Å².